The van der Waals surface area contributed by atoms with Crippen LogP contribution in [0.2, 0.25) is 0 Å². The molecule has 1 rings (SSSR count). The highest BCUT2D eigenvalue weighted by molar-refractivity contribution is 5.80. The van der Waals surface area contributed by atoms with Crippen LogP contribution >= 0.6 is 0 Å². The van der Waals surface area contributed by atoms with Gasteiger partial charge in [0.15, 0.2) is 11.5 Å². The Morgan fingerprint density at radius 2 is 2.12 bits per heavy atom. The summed E-state index contributed by atoms with van der Waals surface area (Å²) >= 11 is 0. The smallest absolute Gasteiger partial charge is 0.328 e. The molecule has 1 aromatic rings. The fraction of sp³-hybridized carbons (Fsp3) is 0.273. The van der Waals surface area contributed by atoms with E-state index in [2.05, 4.69) is 0 Å². The molecule has 2 N–H and O–H groups in total. The van der Waals surface area contributed by atoms with Crippen molar-refractivity contribution in [3.63, 3.8) is 0 Å². The summed E-state index contributed by atoms with van der Waals surface area (Å²) < 4.78 is 9.98. The summed E-state index contributed by atoms with van der Waals surface area (Å²) in [5.74, 6) is 0.00570. The van der Waals surface area contributed by atoms with Gasteiger partial charge >= 0.3 is 5.97 Å². The molecule has 0 bridgehead atoms. The molecule has 0 fully saturated rings. The van der Waals surface area contributed by atoms with E-state index < -0.39 is 12.0 Å². The van der Waals surface area contributed by atoms with Crippen molar-refractivity contribution < 1.29 is 19.1 Å². The van der Waals surface area contributed by atoms with Crippen LogP contribution in [0.3, 0.4) is 0 Å². The van der Waals surface area contributed by atoms with Crippen LogP contribution in [0.1, 0.15) is 17.3 Å². The molecule has 0 saturated heterocycles. The first-order valence-corrected chi connectivity index (χ1v) is 4.69. The summed E-state index contributed by atoms with van der Waals surface area (Å²) in [4.78, 5) is 21.8. The zero-order valence-corrected chi connectivity index (χ0v) is 9.10. The summed E-state index contributed by atoms with van der Waals surface area (Å²) in [6, 6.07) is 3.79. The largest absolute Gasteiger partial charge is 0.493 e. The maximum atomic E-state index is 11.3. The number of benzene rings is 1. The minimum absolute atomic E-state index is 0.246. The average molecular weight is 223 g/mol. The number of methoxy groups -OCH3 is 1. The number of hydrogen-bond donors (Lipinski definition) is 1. The molecule has 0 heterocycles. The predicted molar refractivity (Wildman–Crippen MR) is 57.7 cm³/mol. The van der Waals surface area contributed by atoms with E-state index in [1.165, 1.54) is 32.2 Å². The lowest BCUT2D eigenvalue weighted by molar-refractivity contribution is -0.135. The Balaban J connectivity index is 2.95. The molecule has 0 spiro atoms. The van der Waals surface area contributed by atoms with Crippen molar-refractivity contribution in [1.82, 2.24) is 0 Å². The number of esters is 1. The minimum Gasteiger partial charge on any atom is -0.493 e. The van der Waals surface area contributed by atoms with Gasteiger partial charge in [-0.05, 0) is 25.1 Å². The topological polar surface area (TPSA) is 78.6 Å². The van der Waals surface area contributed by atoms with Crippen LogP contribution in [-0.4, -0.2) is 25.4 Å². The van der Waals surface area contributed by atoms with Gasteiger partial charge in [0.1, 0.15) is 12.3 Å². The molecule has 0 aromatic heterocycles. The number of ether oxygens (including phenoxy) is 2. The number of hydrogen-bond acceptors (Lipinski definition) is 5. The zero-order chi connectivity index (χ0) is 12.1. The lowest BCUT2D eigenvalue weighted by Crippen LogP contribution is -2.30. The number of rotatable bonds is 4. The summed E-state index contributed by atoms with van der Waals surface area (Å²) in [6.07, 6.45) is 0.680. The van der Waals surface area contributed by atoms with E-state index in [1.807, 2.05) is 0 Å². The van der Waals surface area contributed by atoms with Crippen molar-refractivity contribution in [2.24, 2.45) is 5.73 Å². The van der Waals surface area contributed by atoms with E-state index in [1.54, 1.807) is 0 Å². The van der Waals surface area contributed by atoms with E-state index in [9.17, 15) is 9.59 Å². The quantitative estimate of drug-likeness (QED) is 0.463. The summed E-state index contributed by atoms with van der Waals surface area (Å²) in [6.45, 7) is 1.52. The van der Waals surface area contributed by atoms with Gasteiger partial charge in [0.05, 0.1) is 7.11 Å². The van der Waals surface area contributed by atoms with Crippen molar-refractivity contribution in [2.75, 3.05) is 7.11 Å². The molecule has 1 atom stereocenters. The van der Waals surface area contributed by atoms with Crippen molar-refractivity contribution >= 4 is 12.3 Å². The first kappa shape index (κ1) is 12.2. The summed E-state index contributed by atoms with van der Waals surface area (Å²) in [5.41, 5.74) is 5.80. The Bertz CT molecular complexity index is 401. The van der Waals surface area contributed by atoms with Crippen LogP contribution in [0, 0.1) is 0 Å². The van der Waals surface area contributed by atoms with Gasteiger partial charge in [-0.25, -0.2) is 4.79 Å². The number of aldehydes is 1. The van der Waals surface area contributed by atoms with Crippen LogP contribution < -0.4 is 15.2 Å². The van der Waals surface area contributed by atoms with Crippen molar-refractivity contribution in [3.05, 3.63) is 23.8 Å². The molecule has 1 aromatic carbocycles. The van der Waals surface area contributed by atoms with Crippen LogP contribution in [0.5, 0.6) is 11.5 Å². The molecule has 0 radical (unpaired) electrons. The molecule has 86 valence electrons. The van der Waals surface area contributed by atoms with Gasteiger partial charge < -0.3 is 15.2 Å². The van der Waals surface area contributed by atoms with Crippen molar-refractivity contribution in [3.8, 4) is 11.5 Å². The van der Waals surface area contributed by atoms with Gasteiger partial charge in [-0.2, -0.15) is 0 Å². The van der Waals surface area contributed by atoms with Crippen LogP contribution in [-0.2, 0) is 4.79 Å². The van der Waals surface area contributed by atoms with Crippen LogP contribution in [0.4, 0.5) is 0 Å². The normalized spacial score (nSPS) is 11.7. The summed E-state index contributed by atoms with van der Waals surface area (Å²) in [5, 5.41) is 0. The highest BCUT2D eigenvalue weighted by atomic mass is 16.6. The van der Waals surface area contributed by atoms with Crippen LogP contribution in [0.15, 0.2) is 18.2 Å². The maximum Gasteiger partial charge on any atom is 0.328 e. The molecule has 0 unspecified atom stereocenters. The third kappa shape index (κ3) is 2.80. The number of nitrogens with two attached hydrogens (primary N) is 1. The van der Waals surface area contributed by atoms with Gasteiger partial charge in [-0.1, -0.05) is 0 Å². The fourth-order valence-corrected chi connectivity index (χ4v) is 1.04. The molecule has 16 heavy (non-hydrogen) atoms. The Labute approximate surface area is 93.1 Å². The molecule has 0 aliphatic heterocycles. The average Bonchev–Trinajstić information content (AvgIpc) is 2.29. The SMILES string of the molecule is COc1cc(C=O)ccc1OC(=O)[C@H](C)N. The maximum absolute atomic E-state index is 11.3. The van der Waals surface area contributed by atoms with Crippen LogP contribution in [0.25, 0.3) is 0 Å². The molecular formula is C11H13NO4. The Morgan fingerprint density at radius 1 is 1.44 bits per heavy atom. The highest BCUT2D eigenvalue weighted by Gasteiger charge is 2.13. The second kappa shape index (κ2) is 5.27. The molecule has 5 nitrogen and oxygen atoms in total. The molecule has 0 saturated carbocycles. The lowest BCUT2D eigenvalue weighted by Gasteiger charge is -2.10. The fourth-order valence-electron chi connectivity index (χ4n) is 1.04. The van der Waals surface area contributed by atoms with E-state index in [0.29, 0.717) is 17.6 Å². The standard InChI is InChI=1S/C11H13NO4/c1-7(12)11(14)16-9-4-3-8(6-13)5-10(9)15-2/h3-7H,12H2,1-2H3/t7-/m0/s1. The monoisotopic (exact) mass is 223 g/mol. The van der Waals surface area contributed by atoms with E-state index in [-0.39, 0.29) is 5.75 Å². The number of carbonyl (C=O) groups is 2. The Kier molecular flexibility index (Phi) is 4.02. The predicted octanol–water partition coefficient (Wildman–Crippen LogP) is 0.760. The summed E-state index contributed by atoms with van der Waals surface area (Å²) in [7, 11) is 1.42. The third-order valence-corrected chi connectivity index (χ3v) is 1.91. The van der Waals surface area contributed by atoms with Gasteiger partial charge in [0, 0.05) is 5.56 Å². The Hall–Kier alpha value is -1.88. The first-order chi connectivity index (χ1) is 7.58. The molecular weight excluding hydrogens is 210 g/mol. The van der Waals surface area contributed by atoms with Gasteiger partial charge in [0.2, 0.25) is 0 Å². The van der Waals surface area contributed by atoms with E-state index in [4.69, 9.17) is 15.2 Å². The second-order valence-corrected chi connectivity index (χ2v) is 3.24. The van der Waals surface area contributed by atoms with Gasteiger partial charge in [-0.3, -0.25) is 4.79 Å². The molecule has 0 aliphatic rings. The van der Waals surface area contributed by atoms with Gasteiger partial charge in [0.25, 0.3) is 0 Å². The molecule has 5 heteroatoms. The number of carbonyl (C=O) groups excluding carboxylic acids is 2. The van der Waals surface area contributed by atoms with Crippen molar-refractivity contribution in [1.29, 1.82) is 0 Å². The Morgan fingerprint density at radius 3 is 2.62 bits per heavy atom. The van der Waals surface area contributed by atoms with E-state index in [0.717, 1.165) is 0 Å². The van der Waals surface area contributed by atoms with E-state index >= 15 is 0 Å². The zero-order valence-electron chi connectivity index (χ0n) is 9.10. The van der Waals surface area contributed by atoms with Crippen molar-refractivity contribution in [2.45, 2.75) is 13.0 Å². The lowest BCUT2D eigenvalue weighted by atomic mass is 10.2. The first-order valence-electron chi connectivity index (χ1n) is 4.69. The second-order valence-electron chi connectivity index (χ2n) is 3.24. The molecule has 0 amide bonds. The highest BCUT2D eigenvalue weighted by Crippen LogP contribution is 2.27. The van der Waals surface area contributed by atoms with Gasteiger partial charge in [-0.15, -0.1) is 0 Å². The third-order valence-electron chi connectivity index (χ3n) is 1.91. The molecule has 0 aliphatic carbocycles. The minimum atomic E-state index is -0.713.